The van der Waals surface area contributed by atoms with Crippen LogP contribution in [0.1, 0.15) is 25.3 Å². The minimum Gasteiger partial charge on any atom is -0.466 e. The Balaban J connectivity index is 2.04. The van der Waals surface area contributed by atoms with Gasteiger partial charge in [-0.05, 0) is 38.0 Å². The zero-order valence-corrected chi connectivity index (χ0v) is 12.8. The molecule has 0 radical (unpaired) electrons. The highest BCUT2D eigenvalue weighted by Crippen LogP contribution is 2.29. The summed E-state index contributed by atoms with van der Waals surface area (Å²) in [6.07, 6.45) is 1.33. The van der Waals surface area contributed by atoms with Gasteiger partial charge in [0, 0.05) is 18.8 Å². The lowest BCUT2D eigenvalue weighted by molar-refractivity contribution is -0.148. The molecule has 5 nitrogen and oxygen atoms in total. The third-order valence-electron chi connectivity index (χ3n) is 3.78. The number of ether oxygens (including phenoxy) is 2. The second-order valence-corrected chi connectivity index (χ2v) is 5.18. The quantitative estimate of drug-likeness (QED) is 0.779. The lowest BCUT2D eigenvalue weighted by atomic mass is 9.96. The SMILES string of the molecule is CCOC(=O)C1CCN(c2ccc(OC(F)F)c(C#N)c2)CC1. The largest absolute Gasteiger partial charge is 0.466 e. The van der Waals surface area contributed by atoms with Crippen molar-refractivity contribution in [1.82, 2.24) is 0 Å². The summed E-state index contributed by atoms with van der Waals surface area (Å²) in [7, 11) is 0. The summed E-state index contributed by atoms with van der Waals surface area (Å²) < 4.78 is 33.9. The van der Waals surface area contributed by atoms with Crippen molar-refractivity contribution in [3.05, 3.63) is 23.8 Å². The molecule has 1 aromatic carbocycles. The van der Waals surface area contributed by atoms with E-state index in [9.17, 15) is 13.6 Å². The van der Waals surface area contributed by atoms with E-state index in [1.807, 2.05) is 11.0 Å². The van der Waals surface area contributed by atoms with E-state index in [4.69, 9.17) is 10.00 Å². The molecule has 23 heavy (non-hydrogen) atoms. The first kappa shape index (κ1) is 17.0. The van der Waals surface area contributed by atoms with Crippen LogP contribution in [0.15, 0.2) is 18.2 Å². The van der Waals surface area contributed by atoms with E-state index >= 15 is 0 Å². The fourth-order valence-electron chi connectivity index (χ4n) is 2.63. The van der Waals surface area contributed by atoms with Crippen LogP contribution in [-0.2, 0) is 9.53 Å². The van der Waals surface area contributed by atoms with E-state index in [-0.39, 0.29) is 23.2 Å². The Morgan fingerprint density at radius 2 is 2.13 bits per heavy atom. The Kier molecular flexibility index (Phi) is 5.74. The van der Waals surface area contributed by atoms with Crippen molar-refractivity contribution in [3.63, 3.8) is 0 Å². The van der Waals surface area contributed by atoms with Crippen molar-refractivity contribution in [2.45, 2.75) is 26.4 Å². The second-order valence-electron chi connectivity index (χ2n) is 5.18. The minimum absolute atomic E-state index is 0.0651. The summed E-state index contributed by atoms with van der Waals surface area (Å²) in [6.45, 7) is 0.468. The van der Waals surface area contributed by atoms with Crippen molar-refractivity contribution < 1.29 is 23.0 Å². The van der Waals surface area contributed by atoms with Crippen LogP contribution in [0.2, 0.25) is 0 Å². The van der Waals surface area contributed by atoms with Crippen molar-refractivity contribution in [2.24, 2.45) is 5.92 Å². The third-order valence-corrected chi connectivity index (χ3v) is 3.78. The fourth-order valence-corrected chi connectivity index (χ4v) is 2.63. The van der Waals surface area contributed by atoms with Crippen LogP contribution in [-0.4, -0.2) is 32.3 Å². The van der Waals surface area contributed by atoms with Crippen molar-refractivity contribution in [1.29, 1.82) is 5.26 Å². The molecule has 1 saturated heterocycles. The summed E-state index contributed by atoms with van der Waals surface area (Å²) in [6, 6.07) is 6.41. The number of benzene rings is 1. The molecule has 1 aliphatic rings. The van der Waals surface area contributed by atoms with E-state index in [0.717, 1.165) is 5.69 Å². The highest BCUT2D eigenvalue weighted by molar-refractivity contribution is 5.73. The topological polar surface area (TPSA) is 62.6 Å². The van der Waals surface area contributed by atoms with Gasteiger partial charge in [-0.1, -0.05) is 0 Å². The number of alkyl halides is 2. The third kappa shape index (κ3) is 4.31. The van der Waals surface area contributed by atoms with E-state index in [2.05, 4.69) is 4.74 Å². The lowest BCUT2D eigenvalue weighted by Gasteiger charge is -2.32. The highest BCUT2D eigenvalue weighted by Gasteiger charge is 2.26. The number of hydrogen-bond donors (Lipinski definition) is 0. The molecule has 0 bridgehead atoms. The monoisotopic (exact) mass is 324 g/mol. The van der Waals surface area contributed by atoms with Crippen LogP contribution < -0.4 is 9.64 Å². The van der Waals surface area contributed by atoms with Crippen LogP contribution in [0.25, 0.3) is 0 Å². The summed E-state index contributed by atoms with van der Waals surface area (Å²) in [5, 5.41) is 9.07. The molecule has 1 aliphatic heterocycles. The van der Waals surface area contributed by atoms with Crippen LogP contribution in [0.4, 0.5) is 14.5 Å². The number of nitrogens with zero attached hydrogens (tertiary/aromatic N) is 2. The second kappa shape index (κ2) is 7.77. The van der Waals surface area contributed by atoms with Gasteiger partial charge in [-0.3, -0.25) is 4.79 Å². The molecule has 0 saturated carbocycles. The number of halogens is 2. The molecular formula is C16H18F2N2O3. The summed E-state index contributed by atoms with van der Waals surface area (Å²) in [5.74, 6) is -0.415. The van der Waals surface area contributed by atoms with E-state index in [1.165, 1.54) is 12.1 Å². The number of piperidine rings is 1. The maximum Gasteiger partial charge on any atom is 0.387 e. The molecule has 1 heterocycles. The molecule has 0 aliphatic carbocycles. The predicted molar refractivity (Wildman–Crippen MR) is 79.4 cm³/mol. The molecule has 0 atom stereocenters. The molecule has 0 amide bonds. The number of carbonyl (C=O) groups is 1. The van der Waals surface area contributed by atoms with Gasteiger partial charge >= 0.3 is 12.6 Å². The van der Waals surface area contributed by atoms with Gasteiger partial charge in [-0.15, -0.1) is 0 Å². The Morgan fingerprint density at radius 3 is 2.70 bits per heavy atom. The molecule has 0 unspecified atom stereocenters. The normalized spacial score (nSPS) is 15.3. The average Bonchev–Trinajstić information content (AvgIpc) is 2.55. The standard InChI is InChI=1S/C16H18F2N2O3/c1-2-22-15(21)11-5-7-20(8-6-11)13-3-4-14(23-16(17)18)12(9-13)10-19/h3-4,9,11,16H,2,5-8H2,1H3. The molecule has 1 fully saturated rings. The molecule has 124 valence electrons. The Labute approximate surface area is 133 Å². The molecule has 1 aromatic rings. The number of anilines is 1. The first-order valence-electron chi connectivity index (χ1n) is 7.45. The average molecular weight is 324 g/mol. The molecule has 0 aromatic heterocycles. The van der Waals surface area contributed by atoms with Crippen LogP contribution in [0.5, 0.6) is 5.75 Å². The maximum absolute atomic E-state index is 12.3. The van der Waals surface area contributed by atoms with Gasteiger partial charge in [-0.2, -0.15) is 14.0 Å². The van der Waals surface area contributed by atoms with E-state index < -0.39 is 6.61 Å². The molecule has 0 spiro atoms. The Hall–Kier alpha value is -2.36. The van der Waals surface area contributed by atoms with Gasteiger partial charge in [0.2, 0.25) is 0 Å². The van der Waals surface area contributed by atoms with Gasteiger partial charge in [0.25, 0.3) is 0 Å². The van der Waals surface area contributed by atoms with Gasteiger partial charge < -0.3 is 14.4 Å². The van der Waals surface area contributed by atoms with E-state index in [1.54, 1.807) is 13.0 Å². The predicted octanol–water partition coefficient (Wildman–Crippen LogP) is 2.94. The minimum atomic E-state index is -2.96. The van der Waals surface area contributed by atoms with Crippen molar-refractivity contribution >= 4 is 11.7 Å². The number of carbonyl (C=O) groups excluding carboxylic acids is 1. The van der Waals surface area contributed by atoms with Crippen molar-refractivity contribution in [2.75, 3.05) is 24.6 Å². The number of nitriles is 1. The van der Waals surface area contributed by atoms with Gasteiger partial charge in [0.15, 0.2) is 0 Å². The van der Waals surface area contributed by atoms with Crippen LogP contribution >= 0.6 is 0 Å². The molecule has 0 N–H and O–H groups in total. The highest BCUT2D eigenvalue weighted by atomic mass is 19.3. The molecule has 2 rings (SSSR count). The first-order chi connectivity index (χ1) is 11.0. The van der Waals surface area contributed by atoms with Crippen LogP contribution in [0, 0.1) is 17.2 Å². The zero-order valence-electron chi connectivity index (χ0n) is 12.8. The van der Waals surface area contributed by atoms with Crippen molar-refractivity contribution in [3.8, 4) is 11.8 Å². The number of rotatable bonds is 5. The Bertz CT molecular complexity index is 593. The Morgan fingerprint density at radius 1 is 1.43 bits per heavy atom. The summed E-state index contributed by atoms with van der Waals surface area (Å²) >= 11 is 0. The molecule has 7 heteroatoms. The number of hydrogen-bond acceptors (Lipinski definition) is 5. The smallest absolute Gasteiger partial charge is 0.387 e. The summed E-state index contributed by atoms with van der Waals surface area (Å²) in [5.41, 5.74) is 0.820. The van der Waals surface area contributed by atoms with Gasteiger partial charge in [0.1, 0.15) is 11.8 Å². The fraction of sp³-hybridized carbons (Fsp3) is 0.500. The van der Waals surface area contributed by atoms with Crippen LogP contribution in [0.3, 0.4) is 0 Å². The van der Waals surface area contributed by atoms with Gasteiger partial charge in [-0.25, -0.2) is 0 Å². The van der Waals surface area contributed by atoms with Gasteiger partial charge in [0.05, 0.1) is 18.1 Å². The van der Waals surface area contributed by atoms with E-state index in [0.29, 0.717) is 32.5 Å². The first-order valence-corrected chi connectivity index (χ1v) is 7.45. The maximum atomic E-state index is 12.3. The lowest BCUT2D eigenvalue weighted by Crippen LogP contribution is -2.37. The zero-order chi connectivity index (χ0) is 16.8. The number of esters is 1. The summed E-state index contributed by atoms with van der Waals surface area (Å²) in [4.78, 5) is 13.7. The molecular weight excluding hydrogens is 306 g/mol.